The third-order valence-corrected chi connectivity index (χ3v) is 2.73. The fraction of sp³-hybridized carbons (Fsp3) is 0.333. The molecule has 0 aromatic heterocycles. The van der Waals surface area contributed by atoms with Crippen LogP contribution < -0.4 is 20.9 Å². The Kier molecular flexibility index (Phi) is 3.66. The summed E-state index contributed by atoms with van der Waals surface area (Å²) in [4.78, 5) is 22.7. The van der Waals surface area contributed by atoms with Crippen LogP contribution in [0.5, 0.6) is 5.75 Å². The van der Waals surface area contributed by atoms with Gasteiger partial charge in [-0.05, 0) is 30.7 Å². The van der Waals surface area contributed by atoms with Crippen LogP contribution in [0.3, 0.4) is 0 Å². The first-order valence-corrected chi connectivity index (χ1v) is 5.68. The predicted octanol–water partition coefficient (Wildman–Crippen LogP) is 0.417. The Balaban J connectivity index is 1.83. The highest BCUT2D eigenvalue weighted by Crippen LogP contribution is 2.14. The molecule has 1 aromatic rings. The predicted molar refractivity (Wildman–Crippen MR) is 65.9 cm³/mol. The highest BCUT2D eigenvalue weighted by molar-refractivity contribution is 5.91. The zero-order valence-electron chi connectivity index (χ0n) is 10.0. The molecule has 0 radical (unpaired) electrons. The minimum Gasteiger partial charge on any atom is -0.497 e. The molecule has 6 heteroatoms. The second-order valence-corrected chi connectivity index (χ2v) is 4.00. The molecule has 1 saturated heterocycles. The molecule has 1 aromatic carbocycles. The average molecular weight is 249 g/mol. The van der Waals surface area contributed by atoms with Crippen LogP contribution in [0.4, 0.5) is 5.69 Å². The highest BCUT2D eigenvalue weighted by Gasteiger charge is 2.26. The molecule has 1 atom stereocenters. The Labute approximate surface area is 105 Å². The van der Waals surface area contributed by atoms with Crippen molar-refractivity contribution in [2.24, 2.45) is 0 Å². The first-order valence-electron chi connectivity index (χ1n) is 5.68. The fourth-order valence-corrected chi connectivity index (χ4v) is 1.71. The third-order valence-electron chi connectivity index (χ3n) is 2.73. The number of amides is 2. The second-order valence-electron chi connectivity index (χ2n) is 4.00. The maximum absolute atomic E-state index is 11.7. The van der Waals surface area contributed by atoms with Gasteiger partial charge in [-0.2, -0.15) is 0 Å². The number of hydrogen-bond donors (Lipinski definition) is 3. The molecule has 0 bridgehead atoms. The molecule has 1 unspecified atom stereocenters. The Hall–Kier alpha value is -2.24. The first-order chi connectivity index (χ1) is 8.69. The van der Waals surface area contributed by atoms with E-state index in [1.165, 1.54) is 0 Å². The first kappa shape index (κ1) is 12.2. The number of carbonyl (C=O) groups excluding carboxylic acids is 2. The van der Waals surface area contributed by atoms with Gasteiger partial charge in [-0.1, -0.05) is 0 Å². The van der Waals surface area contributed by atoms with Crippen LogP contribution in [0.1, 0.15) is 12.8 Å². The molecular weight excluding hydrogens is 234 g/mol. The Morgan fingerprint density at radius 1 is 1.39 bits per heavy atom. The van der Waals surface area contributed by atoms with Gasteiger partial charge in [-0.25, -0.2) is 0 Å². The van der Waals surface area contributed by atoms with Crippen molar-refractivity contribution >= 4 is 17.5 Å². The summed E-state index contributed by atoms with van der Waals surface area (Å²) in [5.41, 5.74) is 6.08. The van der Waals surface area contributed by atoms with Crippen LogP contribution in [0.25, 0.3) is 0 Å². The molecule has 96 valence electrons. The lowest BCUT2D eigenvalue weighted by molar-refractivity contribution is -0.125. The number of benzene rings is 1. The smallest absolute Gasteiger partial charge is 0.260 e. The molecule has 0 aliphatic carbocycles. The number of ether oxygens (including phenoxy) is 1. The van der Waals surface area contributed by atoms with E-state index in [0.717, 1.165) is 11.4 Å². The lowest BCUT2D eigenvalue weighted by Crippen LogP contribution is -2.43. The zero-order chi connectivity index (χ0) is 13.0. The van der Waals surface area contributed by atoms with Crippen molar-refractivity contribution < 1.29 is 14.3 Å². The maximum Gasteiger partial charge on any atom is 0.260 e. The van der Waals surface area contributed by atoms with Gasteiger partial charge in [0.25, 0.3) is 5.91 Å². The fourth-order valence-electron chi connectivity index (χ4n) is 1.71. The molecule has 0 saturated carbocycles. The van der Waals surface area contributed by atoms with Crippen molar-refractivity contribution in [3.05, 3.63) is 24.3 Å². The van der Waals surface area contributed by atoms with Crippen LogP contribution in [0.2, 0.25) is 0 Å². The summed E-state index contributed by atoms with van der Waals surface area (Å²) in [6.45, 7) is 0. The van der Waals surface area contributed by atoms with Crippen molar-refractivity contribution in [3.63, 3.8) is 0 Å². The van der Waals surface area contributed by atoms with E-state index in [0.29, 0.717) is 12.8 Å². The molecular formula is C12H15N3O3. The molecule has 6 nitrogen and oxygen atoms in total. The number of anilines is 1. The van der Waals surface area contributed by atoms with Gasteiger partial charge in [-0.3, -0.25) is 20.4 Å². The summed E-state index contributed by atoms with van der Waals surface area (Å²) < 4.78 is 5.03. The van der Waals surface area contributed by atoms with Crippen LogP contribution in [0.15, 0.2) is 24.3 Å². The molecule has 0 spiro atoms. The minimum absolute atomic E-state index is 0.0837. The molecule has 2 amide bonds. The van der Waals surface area contributed by atoms with Gasteiger partial charge in [0.2, 0.25) is 5.91 Å². The van der Waals surface area contributed by atoms with E-state index < -0.39 is 6.04 Å². The van der Waals surface area contributed by atoms with E-state index in [2.05, 4.69) is 16.2 Å². The number of hydrogen-bond acceptors (Lipinski definition) is 4. The van der Waals surface area contributed by atoms with Crippen LogP contribution in [0, 0.1) is 0 Å². The van der Waals surface area contributed by atoms with Crippen LogP contribution in [-0.4, -0.2) is 25.0 Å². The van der Waals surface area contributed by atoms with Gasteiger partial charge in [-0.15, -0.1) is 0 Å². The number of carbonyl (C=O) groups is 2. The van der Waals surface area contributed by atoms with E-state index in [1.807, 2.05) is 0 Å². The lowest BCUT2D eigenvalue weighted by Gasteiger charge is -2.12. The number of methoxy groups -OCH3 is 1. The van der Waals surface area contributed by atoms with Gasteiger partial charge < -0.3 is 10.1 Å². The van der Waals surface area contributed by atoms with Gasteiger partial charge in [0.15, 0.2) is 0 Å². The van der Waals surface area contributed by atoms with Crippen molar-refractivity contribution in [1.82, 2.24) is 10.7 Å². The zero-order valence-corrected chi connectivity index (χ0v) is 10.0. The van der Waals surface area contributed by atoms with Crippen molar-refractivity contribution in [2.75, 3.05) is 12.5 Å². The summed E-state index contributed by atoms with van der Waals surface area (Å²) in [6.07, 6.45) is 0.940. The number of rotatable bonds is 4. The summed E-state index contributed by atoms with van der Waals surface area (Å²) >= 11 is 0. The second kappa shape index (κ2) is 5.39. The normalized spacial score (nSPS) is 18.1. The molecule has 1 aliphatic heterocycles. The third kappa shape index (κ3) is 2.91. The van der Waals surface area contributed by atoms with Gasteiger partial charge >= 0.3 is 0 Å². The van der Waals surface area contributed by atoms with Gasteiger partial charge in [0.05, 0.1) is 12.8 Å². The van der Waals surface area contributed by atoms with Crippen molar-refractivity contribution in [3.8, 4) is 5.75 Å². The Bertz CT molecular complexity index is 444. The standard InChI is InChI=1S/C12H15N3O3/c1-18-9-4-2-8(3-5-9)14-15-12(17)10-6-7-11(16)13-10/h2-5,10,14H,6-7H2,1H3,(H,13,16)(H,15,17). The average Bonchev–Trinajstić information content (AvgIpc) is 2.83. The SMILES string of the molecule is COc1ccc(NNC(=O)C2CCC(=O)N2)cc1. The summed E-state index contributed by atoms with van der Waals surface area (Å²) in [5, 5.41) is 2.60. The van der Waals surface area contributed by atoms with E-state index in [-0.39, 0.29) is 11.8 Å². The Morgan fingerprint density at radius 2 is 2.11 bits per heavy atom. The highest BCUT2D eigenvalue weighted by atomic mass is 16.5. The minimum atomic E-state index is -0.441. The molecule has 18 heavy (non-hydrogen) atoms. The van der Waals surface area contributed by atoms with E-state index in [9.17, 15) is 9.59 Å². The molecule has 2 rings (SSSR count). The van der Waals surface area contributed by atoms with Crippen LogP contribution in [-0.2, 0) is 9.59 Å². The molecule has 3 N–H and O–H groups in total. The molecule has 1 fully saturated rings. The van der Waals surface area contributed by atoms with Gasteiger partial charge in [0.1, 0.15) is 11.8 Å². The summed E-state index contributed by atoms with van der Waals surface area (Å²) in [6, 6.07) is 6.69. The van der Waals surface area contributed by atoms with E-state index in [1.54, 1.807) is 31.4 Å². The van der Waals surface area contributed by atoms with Gasteiger partial charge in [0, 0.05) is 6.42 Å². The van der Waals surface area contributed by atoms with E-state index >= 15 is 0 Å². The van der Waals surface area contributed by atoms with Crippen molar-refractivity contribution in [1.29, 1.82) is 0 Å². The largest absolute Gasteiger partial charge is 0.497 e. The number of hydrazine groups is 1. The lowest BCUT2D eigenvalue weighted by atomic mass is 10.2. The molecule has 1 aliphatic rings. The topological polar surface area (TPSA) is 79.5 Å². The quantitative estimate of drug-likeness (QED) is 0.676. The summed E-state index contributed by atoms with van der Waals surface area (Å²) in [5.74, 6) is 0.422. The van der Waals surface area contributed by atoms with E-state index in [4.69, 9.17) is 4.74 Å². The maximum atomic E-state index is 11.7. The Morgan fingerprint density at radius 3 is 2.67 bits per heavy atom. The summed E-state index contributed by atoms with van der Waals surface area (Å²) in [7, 11) is 1.59. The van der Waals surface area contributed by atoms with Crippen molar-refractivity contribution in [2.45, 2.75) is 18.9 Å². The van der Waals surface area contributed by atoms with Crippen LogP contribution >= 0.6 is 0 Å². The monoisotopic (exact) mass is 249 g/mol. The molecule has 1 heterocycles. The number of nitrogens with one attached hydrogen (secondary N) is 3.